The summed E-state index contributed by atoms with van der Waals surface area (Å²) in [6.07, 6.45) is 3.87. The Morgan fingerprint density at radius 1 is 1.22 bits per heavy atom. The van der Waals surface area contributed by atoms with Gasteiger partial charge in [-0.25, -0.2) is 9.18 Å². The number of carbonyl (C=O) groups is 1. The van der Waals surface area contributed by atoms with E-state index in [0.717, 1.165) is 0 Å². The molecule has 3 aromatic heterocycles. The lowest BCUT2D eigenvalue weighted by Crippen LogP contribution is -2.46. The minimum Gasteiger partial charge on any atom is -0.408 e. The van der Waals surface area contributed by atoms with Gasteiger partial charge in [0.15, 0.2) is 5.58 Å². The number of halogens is 1. The molecule has 9 nitrogen and oxygen atoms in total. The number of para-hydroxylation sites is 2. The summed E-state index contributed by atoms with van der Waals surface area (Å²) in [6.45, 7) is 0.396. The molecule has 1 aliphatic rings. The zero-order chi connectivity index (χ0) is 22.1. The molecule has 5 rings (SSSR count). The molecule has 0 saturated carbocycles. The number of aryl methyl sites for hydroxylation is 1. The van der Waals surface area contributed by atoms with Crippen molar-refractivity contribution < 1.29 is 18.1 Å². The van der Waals surface area contributed by atoms with Gasteiger partial charge < -0.3 is 13.8 Å². The first-order valence-corrected chi connectivity index (χ1v) is 10.3. The number of alkyl halides is 1. The number of carbonyl (C=O) groups excluding carboxylic acids is 1. The second-order valence-corrected chi connectivity index (χ2v) is 7.79. The van der Waals surface area contributed by atoms with E-state index in [1.54, 1.807) is 48.8 Å². The smallest absolute Gasteiger partial charge is 0.408 e. The summed E-state index contributed by atoms with van der Waals surface area (Å²) in [5, 5.41) is 3.87. The van der Waals surface area contributed by atoms with Gasteiger partial charge in [0.05, 0.1) is 12.1 Å². The van der Waals surface area contributed by atoms with Crippen LogP contribution in [0.25, 0.3) is 22.5 Å². The fourth-order valence-corrected chi connectivity index (χ4v) is 4.01. The van der Waals surface area contributed by atoms with Crippen LogP contribution in [0.3, 0.4) is 0 Å². The number of hydrogen-bond acceptors (Lipinski definition) is 7. The maximum Gasteiger partial charge on any atom is 0.419 e. The first-order chi connectivity index (χ1) is 15.5. The number of likely N-dealkylation sites (tertiary alicyclic amines) is 1. The average Bonchev–Trinajstić information content (AvgIpc) is 3.43. The van der Waals surface area contributed by atoms with Gasteiger partial charge in [-0.05, 0) is 37.1 Å². The van der Waals surface area contributed by atoms with Gasteiger partial charge in [-0.15, -0.1) is 0 Å². The molecule has 0 N–H and O–H groups in total. The molecule has 0 radical (unpaired) electrons. The van der Waals surface area contributed by atoms with E-state index in [-0.39, 0.29) is 43.6 Å². The number of oxazole rings is 1. The molecule has 1 fully saturated rings. The molecule has 1 aliphatic heterocycles. The van der Waals surface area contributed by atoms with Crippen LogP contribution in [0.5, 0.6) is 0 Å². The van der Waals surface area contributed by atoms with Gasteiger partial charge in [0.1, 0.15) is 0 Å². The predicted molar refractivity (Wildman–Crippen MR) is 111 cm³/mol. The Labute approximate surface area is 181 Å². The third-order valence-corrected chi connectivity index (χ3v) is 5.65. The summed E-state index contributed by atoms with van der Waals surface area (Å²) in [5.74, 6) is -0.673. The zero-order valence-corrected chi connectivity index (χ0v) is 17.1. The molecule has 0 spiro atoms. The number of hydrogen-bond donors (Lipinski definition) is 0. The summed E-state index contributed by atoms with van der Waals surface area (Å²) in [7, 11) is 0. The largest absolute Gasteiger partial charge is 0.419 e. The number of rotatable bonds is 5. The fourth-order valence-electron chi connectivity index (χ4n) is 4.01. The minimum absolute atomic E-state index is 0.0459. The van der Waals surface area contributed by atoms with Gasteiger partial charge in [0.2, 0.25) is 17.4 Å². The van der Waals surface area contributed by atoms with Gasteiger partial charge in [-0.3, -0.25) is 14.3 Å². The third kappa shape index (κ3) is 3.68. The number of nitrogens with zero attached hydrogens (tertiary/aromatic N) is 5. The second kappa shape index (κ2) is 8.03. The van der Waals surface area contributed by atoms with Crippen molar-refractivity contribution in [3.05, 3.63) is 65.2 Å². The predicted octanol–water partition coefficient (Wildman–Crippen LogP) is 2.92. The number of piperidine rings is 1. The highest BCUT2D eigenvalue weighted by Gasteiger charge is 2.43. The maximum absolute atomic E-state index is 15.8. The number of aromatic nitrogens is 4. The molecule has 4 aromatic rings. The second-order valence-electron chi connectivity index (χ2n) is 7.79. The SMILES string of the molecule is O=C(CCn1c(=O)oc2ccccc21)N1CCCC(F)(c2nc(-c3cccnc3)no2)C1. The van der Waals surface area contributed by atoms with Gasteiger partial charge >= 0.3 is 5.76 Å². The van der Waals surface area contributed by atoms with Gasteiger partial charge in [-0.2, -0.15) is 4.98 Å². The standard InChI is InChI=1S/C22H20FN5O4/c23-22(20-25-19(26-32-20)15-5-3-10-24-13-15)9-4-11-27(14-22)18(29)8-12-28-16-6-1-2-7-17(16)31-21(28)30/h1-3,5-7,10,13H,4,8-9,11-12,14H2. The van der Waals surface area contributed by atoms with E-state index in [4.69, 9.17) is 8.94 Å². The molecule has 1 amide bonds. The molecule has 10 heteroatoms. The van der Waals surface area contributed by atoms with E-state index >= 15 is 4.39 Å². The van der Waals surface area contributed by atoms with Crippen molar-refractivity contribution in [1.82, 2.24) is 24.6 Å². The molecule has 0 bridgehead atoms. The summed E-state index contributed by atoms with van der Waals surface area (Å²) in [4.78, 5) is 34.6. The Kier molecular flexibility index (Phi) is 5.04. The Morgan fingerprint density at radius 3 is 2.94 bits per heavy atom. The lowest BCUT2D eigenvalue weighted by Gasteiger charge is -2.35. The molecule has 1 unspecified atom stereocenters. The van der Waals surface area contributed by atoms with Crippen LogP contribution in [0.15, 0.2) is 62.5 Å². The topological polar surface area (TPSA) is 107 Å². The monoisotopic (exact) mass is 437 g/mol. The van der Waals surface area contributed by atoms with E-state index in [0.29, 0.717) is 29.6 Å². The Hall–Kier alpha value is -3.82. The highest BCUT2D eigenvalue weighted by atomic mass is 19.1. The molecule has 164 valence electrons. The van der Waals surface area contributed by atoms with Crippen LogP contribution in [0, 0.1) is 0 Å². The first-order valence-electron chi connectivity index (χ1n) is 10.3. The number of amides is 1. The molecule has 1 aromatic carbocycles. The average molecular weight is 437 g/mol. The summed E-state index contributed by atoms with van der Waals surface area (Å²) < 4.78 is 27.6. The summed E-state index contributed by atoms with van der Waals surface area (Å²) in [6, 6.07) is 10.5. The van der Waals surface area contributed by atoms with Crippen LogP contribution in [-0.4, -0.2) is 43.6 Å². The molecule has 0 aliphatic carbocycles. The highest BCUT2D eigenvalue weighted by Crippen LogP contribution is 2.35. The van der Waals surface area contributed by atoms with Crippen molar-refractivity contribution in [1.29, 1.82) is 0 Å². The Bertz CT molecular complexity index is 1310. The number of benzene rings is 1. The van der Waals surface area contributed by atoms with E-state index < -0.39 is 11.4 Å². The van der Waals surface area contributed by atoms with Crippen LogP contribution in [-0.2, 0) is 17.0 Å². The van der Waals surface area contributed by atoms with Crippen molar-refractivity contribution in [2.75, 3.05) is 13.1 Å². The fraction of sp³-hybridized carbons (Fsp3) is 0.318. The van der Waals surface area contributed by atoms with Crippen molar-refractivity contribution in [3.63, 3.8) is 0 Å². The molecule has 32 heavy (non-hydrogen) atoms. The van der Waals surface area contributed by atoms with E-state index in [2.05, 4.69) is 15.1 Å². The Balaban J connectivity index is 1.29. The molecule has 1 saturated heterocycles. The van der Waals surface area contributed by atoms with Gasteiger partial charge in [0, 0.05) is 37.5 Å². The third-order valence-electron chi connectivity index (χ3n) is 5.65. The molecule has 4 heterocycles. The highest BCUT2D eigenvalue weighted by molar-refractivity contribution is 5.77. The zero-order valence-electron chi connectivity index (χ0n) is 17.1. The van der Waals surface area contributed by atoms with Crippen molar-refractivity contribution in [2.45, 2.75) is 31.5 Å². The van der Waals surface area contributed by atoms with Crippen LogP contribution >= 0.6 is 0 Å². The summed E-state index contributed by atoms with van der Waals surface area (Å²) in [5.41, 5.74) is -0.225. The molecular formula is C22H20FN5O4. The van der Waals surface area contributed by atoms with E-state index in [1.165, 1.54) is 9.47 Å². The van der Waals surface area contributed by atoms with Crippen LogP contribution < -0.4 is 5.76 Å². The van der Waals surface area contributed by atoms with Crippen LogP contribution in [0.2, 0.25) is 0 Å². The minimum atomic E-state index is -1.93. The molecular weight excluding hydrogens is 417 g/mol. The van der Waals surface area contributed by atoms with Crippen molar-refractivity contribution in [2.24, 2.45) is 0 Å². The van der Waals surface area contributed by atoms with Crippen LogP contribution in [0.4, 0.5) is 4.39 Å². The lowest BCUT2D eigenvalue weighted by molar-refractivity contribution is -0.136. The van der Waals surface area contributed by atoms with E-state index in [9.17, 15) is 9.59 Å². The Morgan fingerprint density at radius 2 is 2.09 bits per heavy atom. The van der Waals surface area contributed by atoms with Crippen molar-refractivity contribution >= 4 is 17.0 Å². The van der Waals surface area contributed by atoms with E-state index in [1.807, 2.05) is 0 Å². The van der Waals surface area contributed by atoms with Gasteiger partial charge in [0.25, 0.3) is 5.89 Å². The number of fused-ring (bicyclic) bond motifs is 1. The van der Waals surface area contributed by atoms with Gasteiger partial charge in [-0.1, -0.05) is 17.3 Å². The lowest BCUT2D eigenvalue weighted by atomic mass is 9.94. The molecule has 1 atom stereocenters. The van der Waals surface area contributed by atoms with Crippen molar-refractivity contribution in [3.8, 4) is 11.4 Å². The first kappa shape index (κ1) is 20.1. The number of pyridine rings is 1. The normalized spacial score (nSPS) is 18.8. The maximum atomic E-state index is 15.8. The van der Waals surface area contributed by atoms with Crippen LogP contribution in [0.1, 0.15) is 25.2 Å². The quantitative estimate of drug-likeness (QED) is 0.472. The summed E-state index contributed by atoms with van der Waals surface area (Å²) >= 11 is 0.